The number of hydrogen-bond donors (Lipinski definition) is 3. The fourth-order valence-electron chi connectivity index (χ4n) is 4.49. The number of carboxylic acid groups (broad SMARTS) is 1. The van der Waals surface area contributed by atoms with Crippen molar-refractivity contribution < 1.29 is 24.2 Å². The van der Waals surface area contributed by atoms with E-state index in [1.165, 1.54) is 0 Å². The number of carbonyl (C=O) groups excluding carboxylic acids is 2. The van der Waals surface area contributed by atoms with Crippen LogP contribution in [0.3, 0.4) is 0 Å². The summed E-state index contributed by atoms with van der Waals surface area (Å²) >= 11 is 0. The van der Waals surface area contributed by atoms with Crippen molar-refractivity contribution in [2.24, 2.45) is 5.92 Å². The Bertz CT molecular complexity index is 1240. The minimum absolute atomic E-state index is 0.0599. The fraction of sp³-hybridized carbons (Fsp3) is 0.250. The molecule has 2 amide bonds. The molecule has 0 heterocycles. The van der Waals surface area contributed by atoms with E-state index in [-0.39, 0.29) is 24.0 Å². The first-order valence-electron chi connectivity index (χ1n) is 11.5. The highest BCUT2D eigenvalue weighted by Crippen LogP contribution is 2.44. The van der Waals surface area contributed by atoms with Gasteiger partial charge in [-0.2, -0.15) is 0 Å². The Morgan fingerprint density at radius 2 is 1.51 bits per heavy atom. The van der Waals surface area contributed by atoms with E-state index in [2.05, 4.69) is 34.9 Å². The summed E-state index contributed by atoms with van der Waals surface area (Å²) < 4.78 is 5.60. The summed E-state index contributed by atoms with van der Waals surface area (Å²) in [5.74, 6) is -1.95. The molecule has 1 atom stereocenters. The first-order valence-corrected chi connectivity index (χ1v) is 11.5. The topological polar surface area (TPSA) is 105 Å². The lowest BCUT2D eigenvalue weighted by atomic mass is 9.98. The molecule has 3 N–H and O–H groups in total. The van der Waals surface area contributed by atoms with Crippen LogP contribution in [0.4, 0.5) is 10.5 Å². The summed E-state index contributed by atoms with van der Waals surface area (Å²) in [6.45, 7) is 5.31. The number of aliphatic carboxylic acids is 1. The third-order valence-corrected chi connectivity index (χ3v) is 6.38. The lowest BCUT2D eigenvalue weighted by Gasteiger charge is -2.19. The Morgan fingerprint density at radius 1 is 0.914 bits per heavy atom. The lowest BCUT2D eigenvalue weighted by Crippen LogP contribution is -2.44. The predicted molar refractivity (Wildman–Crippen MR) is 134 cm³/mol. The van der Waals surface area contributed by atoms with Gasteiger partial charge in [-0.3, -0.25) is 10.1 Å². The van der Waals surface area contributed by atoms with E-state index in [0.717, 1.165) is 22.3 Å². The number of nitrogens with one attached hydrogen (secondary N) is 2. The summed E-state index contributed by atoms with van der Waals surface area (Å²) in [4.78, 5) is 36.9. The van der Waals surface area contributed by atoms with Crippen molar-refractivity contribution in [2.45, 2.75) is 32.7 Å². The molecule has 4 rings (SSSR count). The van der Waals surface area contributed by atoms with Gasteiger partial charge in [0.2, 0.25) is 0 Å². The van der Waals surface area contributed by atoms with E-state index in [1.807, 2.05) is 24.3 Å². The number of hydrogen-bond acceptors (Lipinski definition) is 4. The first-order chi connectivity index (χ1) is 16.8. The summed E-state index contributed by atoms with van der Waals surface area (Å²) in [5, 5.41) is 14.6. The van der Waals surface area contributed by atoms with Crippen LogP contribution in [0.5, 0.6) is 0 Å². The Balaban J connectivity index is 1.45. The zero-order valence-electron chi connectivity index (χ0n) is 19.9. The zero-order chi connectivity index (χ0) is 25.1. The van der Waals surface area contributed by atoms with E-state index in [4.69, 9.17) is 4.74 Å². The second-order valence-electron chi connectivity index (χ2n) is 8.96. The van der Waals surface area contributed by atoms with Gasteiger partial charge in [0.25, 0.3) is 5.91 Å². The largest absolute Gasteiger partial charge is 0.480 e. The molecule has 0 saturated carbocycles. The minimum Gasteiger partial charge on any atom is -0.480 e. The Morgan fingerprint density at radius 3 is 2.09 bits per heavy atom. The van der Waals surface area contributed by atoms with Crippen molar-refractivity contribution in [1.82, 2.24) is 5.32 Å². The number of benzene rings is 3. The van der Waals surface area contributed by atoms with Gasteiger partial charge in [0.15, 0.2) is 0 Å². The van der Waals surface area contributed by atoms with Crippen molar-refractivity contribution in [3.63, 3.8) is 0 Å². The summed E-state index contributed by atoms with van der Waals surface area (Å²) in [5.41, 5.74) is 5.76. The molecule has 3 aromatic rings. The van der Waals surface area contributed by atoms with Crippen molar-refractivity contribution in [3.05, 3.63) is 89.0 Å². The number of rotatable bonds is 7. The molecule has 1 aliphatic rings. The zero-order valence-corrected chi connectivity index (χ0v) is 19.9. The molecule has 0 fully saturated rings. The van der Waals surface area contributed by atoms with E-state index in [1.54, 1.807) is 39.0 Å². The van der Waals surface area contributed by atoms with Gasteiger partial charge in [0.05, 0.1) is 0 Å². The van der Waals surface area contributed by atoms with Gasteiger partial charge in [-0.05, 0) is 52.8 Å². The van der Waals surface area contributed by atoms with Crippen molar-refractivity contribution >= 4 is 23.7 Å². The molecule has 1 aliphatic carbocycles. The number of amides is 2. The molecule has 0 saturated heterocycles. The monoisotopic (exact) mass is 472 g/mol. The molecule has 0 aliphatic heterocycles. The van der Waals surface area contributed by atoms with Gasteiger partial charge in [0, 0.05) is 17.2 Å². The third-order valence-electron chi connectivity index (χ3n) is 6.38. The van der Waals surface area contributed by atoms with E-state index in [9.17, 15) is 19.5 Å². The van der Waals surface area contributed by atoms with Crippen molar-refractivity contribution in [1.29, 1.82) is 0 Å². The van der Waals surface area contributed by atoms with E-state index in [0.29, 0.717) is 11.3 Å². The van der Waals surface area contributed by atoms with E-state index < -0.39 is 24.0 Å². The second kappa shape index (κ2) is 10.0. The predicted octanol–water partition coefficient (Wildman–Crippen LogP) is 5.20. The summed E-state index contributed by atoms with van der Waals surface area (Å²) in [6, 6.07) is 20.1. The molecule has 0 unspecified atom stereocenters. The molecule has 0 bridgehead atoms. The number of anilines is 1. The highest BCUT2D eigenvalue weighted by Gasteiger charge is 2.29. The number of fused-ring (bicyclic) bond motifs is 3. The maximum atomic E-state index is 12.7. The second-order valence-corrected chi connectivity index (χ2v) is 8.96. The SMILES string of the molecule is Cc1c(NC(=O)OCC2c3ccccc3-c3ccccc32)cccc1C(=O)N[C@H](C(=O)O)C(C)C. The Labute approximate surface area is 204 Å². The van der Waals surface area contributed by atoms with Crippen LogP contribution >= 0.6 is 0 Å². The van der Waals surface area contributed by atoms with Crippen molar-refractivity contribution in [3.8, 4) is 11.1 Å². The average Bonchev–Trinajstić information content (AvgIpc) is 3.15. The van der Waals surface area contributed by atoms with Gasteiger partial charge in [0.1, 0.15) is 12.6 Å². The average molecular weight is 473 g/mol. The molecule has 7 heteroatoms. The number of ether oxygens (including phenoxy) is 1. The number of carbonyl (C=O) groups is 3. The molecule has 0 aromatic heterocycles. The first kappa shape index (κ1) is 24.0. The van der Waals surface area contributed by atoms with Crippen LogP contribution in [0, 0.1) is 12.8 Å². The molecular weight excluding hydrogens is 444 g/mol. The quantitative estimate of drug-likeness (QED) is 0.439. The smallest absolute Gasteiger partial charge is 0.411 e. The van der Waals surface area contributed by atoms with Crippen LogP contribution in [-0.2, 0) is 9.53 Å². The molecular formula is C28H28N2O5. The molecule has 180 valence electrons. The Hall–Kier alpha value is -4.13. The number of carboxylic acids is 1. The maximum Gasteiger partial charge on any atom is 0.411 e. The van der Waals surface area contributed by atoms with Gasteiger partial charge in [-0.1, -0.05) is 68.4 Å². The van der Waals surface area contributed by atoms with Gasteiger partial charge in [-0.15, -0.1) is 0 Å². The van der Waals surface area contributed by atoms with Crippen LogP contribution in [0.2, 0.25) is 0 Å². The van der Waals surface area contributed by atoms with Gasteiger partial charge in [-0.25, -0.2) is 9.59 Å². The third kappa shape index (κ3) is 4.89. The highest BCUT2D eigenvalue weighted by molar-refractivity contribution is 6.00. The highest BCUT2D eigenvalue weighted by atomic mass is 16.5. The molecule has 7 nitrogen and oxygen atoms in total. The minimum atomic E-state index is -1.10. The van der Waals surface area contributed by atoms with Crippen LogP contribution in [0.15, 0.2) is 66.7 Å². The molecule has 35 heavy (non-hydrogen) atoms. The summed E-state index contributed by atoms with van der Waals surface area (Å²) in [7, 11) is 0. The summed E-state index contributed by atoms with van der Waals surface area (Å²) in [6.07, 6.45) is -0.627. The van der Waals surface area contributed by atoms with Crippen LogP contribution in [0.25, 0.3) is 11.1 Å². The van der Waals surface area contributed by atoms with Crippen LogP contribution < -0.4 is 10.6 Å². The van der Waals surface area contributed by atoms with Crippen molar-refractivity contribution in [2.75, 3.05) is 11.9 Å². The molecule has 0 radical (unpaired) electrons. The lowest BCUT2D eigenvalue weighted by molar-refractivity contribution is -0.140. The van der Waals surface area contributed by atoms with Crippen LogP contribution in [-0.4, -0.2) is 35.7 Å². The van der Waals surface area contributed by atoms with E-state index >= 15 is 0 Å². The van der Waals surface area contributed by atoms with Crippen LogP contribution in [0.1, 0.15) is 46.8 Å². The van der Waals surface area contributed by atoms with Gasteiger partial charge >= 0.3 is 12.1 Å². The molecule has 0 spiro atoms. The normalized spacial score (nSPS) is 13.0. The standard InChI is InChI=1S/C28H28N2O5/c1-16(2)25(27(32)33)30-26(31)18-13-8-14-24(17(18)3)29-28(34)35-15-23-21-11-6-4-9-19(21)20-10-5-7-12-22(20)23/h4-14,16,23,25H,15H2,1-3H3,(H,29,34)(H,30,31)(H,32,33)/t25-/m0/s1. The Kier molecular flexibility index (Phi) is 6.87. The molecule has 3 aromatic carbocycles. The fourth-order valence-corrected chi connectivity index (χ4v) is 4.49. The van der Waals surface area contributed by atoms with Gasteiger partial charge < -0.3 is 15.2 Å². The maximum absolute atomic E-state index is 12.7.